The highest BCUT2D eigenvalue weighted by Crippen LogP contribution is 2.30. The van der Waals surface area contributed by atoms with Gasteiger partial charge in [0.15, 0.2) is 0 Å². The van der Waals surface area contributed by atoms with Gasteiger partial charge >= 0.3 is 0 Å². The topological polar surface area (TPSA) is 81.7 Å². The van der Waals surface area contributed by atoms with Crippen LogP contribution in [0, 0.1) is 0 Å². The zero-order valence-electron chi connectivity index (χ0n) is 19.6. The third-order valence-corrected chi connectivity index (χ3v) is 6.27. The molecule has 1 N–H and O–H groups in total. The number of hydrogen-bond acceptors (Lipinski definition) is 5. The SMILES string of the molecule is OCc1nc2ccccc2n1Cc1ccc(-c2ccccc2-c2nnn(Cc3ccccc3)n2)cc1. The summed E-state index contributed by atoms with van der Waals surface area (Å²) in [6, 6.07) is 34.6. The molecule has 0 spiro atoms. The van der Waals surface area contributed by atoms with Gasteiger partial charge in [0.25, 0.3) is 0 Å². The van der Waals surface area contributed by atoms with E-state index in [9.17, 15) is 5.11 Å². The quantitative estimate of drug-likeness (QED) is 0.356. The van der Waals surface area contributed by atoms with Crippen LogP contribution in [-0.4, -0.2) is 34.9 Å². The zero-order valence-corrected chi connectivity index (χ0v) is 19.6. The third-order valence-electron chi connectivity index (χ3n) is 6.27. The van der Waals surface area contributed by atoms with Crippen molar-refractivity contribution in [1.29, 1.82) is 0 Å². The molecule has 0 fully saturated rings. The Kier molecular flexibility index (Phi) is 5.81. The summed E-state index contributed by atoms with van der Waals surface area (Å²) in [7, 11) is 0. The lowest BCUT2D eigenvalue weighted by atomic mass is 9.98. The predicted molar refractivity (Wildman–Crippen MR) is 139 cm³/mol. The van der Waals surface area contributed by atoms with Crippen molar-refractivity contribution in [1.82, 2.24) is 29.8 Å². The van der Waals surface area contributed by atoms with Crippen LogP contribution in [0.2, 0.25) is 0 Å². The van der Waals surface area contributed by atoms with Crippen molar-refractivity contribution in [3.63, 3.8) is 0 Å². The standard InChI is InChI=1S/C29H24N6O/c36-20-28-30-26-12-6-7-13-27(26)34(28)18-22-14-16-23(17-15-22)24-10-4-5-11-25(24)29-31-33-35(32-29)19-21-8-2-1-3-9-21/h1-17,36H,18-20H2. The van der Waals surface area contributed by atoms with Gasteiger partial charge in [0.05, 0.1) is 17.6 Å². The molecular formula is C29H24N6O. The lowest BCUT2D eigenvalue weighted by Crippen LogP contribution is -2.05. The number of hydrogen-bond donors (Lipinski definition) is 1. The van der Waals surface area contributed by atoms with E-state index in [0.717, 1.165) is 38.9 Å². The number of aliphatic hydroxyl groups is 1. The van der Waals surface area contributed by atoms with Crippen LogP contribution in [0.15, 0.2) is 103 Å². The van der Waals surface area contributed by atoms with Crippen molar-refractivity contribution in [3.8, 4) is 22.5 Å². The van der Waals surface area contributed by atoms with Crippen LogP contribution in [0.25, 0.3) is 33.5 Å². The number of aliphatic hydroxyl groups excluding tert-OH is 1. The van der Waals surface area contributed by atoms with Gasteiger partial charge < -0.3 is 9.67 Å². The first-order chi connectivity index (χ1) is 17.8. The highest BCUT2D eigenvalue weighted by molar-refractivity contribution is 5.80. The zero-order chi connectivity index (χ0) is 24.3. The van der Waals surface area contributed by atoms with E-state index in [2.05, 4.69) is 67.4 Å². The predicted octanol–water partition coefficient (Wildman–Crippen LogP) is 4.95. The fourth-order valence-corrected chi connectivity index (χ4v) is 4.49. The molecule has 7 heteroatoms. The number of para-hydroxylation sites is 2. The molecule has 176 valence electrons. The van der Waals surface area contributed by atoms with Gasteiger partial charge in [0, 0.05) is 12.1 Å². The lowest BCUT2D eigenvalue weighted by molar-refractivity contribution is 0.267. The Morgan fingerprint density at radius 2 is 1.36 bits per heavy atom. The number of nitrogens with zero attached hydrogens (tertiary/aromatic N) is 6. The molecule has 4 aromatic carbocycles. The summed E-state index contributed by atoms with van der Waals surface area (Å²) >= 11 is 0. The lowest BCUT2D eigenvalue weighted by Gasteiger charge is -2.10. The van der Waals surface area contributed by atoms with Crippen molar-refractivity contribution in [2.75, 3.05) is 0 Å². The molecule has 36 heavy (non-hydrogen) atoms. The third kappa shape index (κ3) is 4.28. The Morgan fingerprint density at radius 3 is 2.17 bits per heavy atom. The molecule has 0 aliphatic rings. The maximum absolute atomic E-state index is 9.81. The van der Waals surface area contributed by atoms with Gasteiger partial charge in [-0.15, -0.1) is 10.2 Å². The summed E-state index contributed by atoms with van der Waals surface area (Å²) in [5, 5.41) is 23.0. The minimum Gasteiger partial charge on any atom is -0.388 e. The summed E-state index contributed by atoms with van der Waals surface area (Å²) in [5.41, 5.74) is 7.22. The van der Waals surface area contributed by atoms with Crippen LogP contribution in [0.5, 0.6) is 0 Å². The Hall–Kier alpha value is -4.62. The van der Waals surface area contributed by atoms with Gasteiger partial charge in [-0.3, -0.25) is 0 Å². The van der Waals surface area contributed by atoms with Crippen LogP contribution in [0.4, 0.5) is 0 Å². The van der Waals surface area contributed by atoms with Crippen LogP contribution >= 0.6 is 0 Å². The number of fused-ring (bicyclic) bond motifs is 1. The van der Waals surface area contributed by atoms with Crippen LogP contribution in [-0.2, 0) is 19.7 Å². The molecule has 0 saturated heterocycles. The molecule has 0 amide bonds. The summed E-state index contributed by atoms with van der Waals surface area (Å²) in [6.45, 7) is 1.11. The maximum atomic E-state index is 9.81. The maximum Gasteiger partial charge on any atom is 0.205 e. The number of benzene rings is 4. The summed E-state index contributed by atoms with van der Waals surface area (Å²) in [5.74, 6) is 1.26. The largest absolute Gasteiger partial charge is 0.388 e. The Labute approximate surface area is 208 Å². The van der Waals surface area contributed by atoms with E-state index in [0.29, 0.717) is 24.7 Å². The van der Waals surface area contributed by atoms with E-state index >= 15 is 0 Å². The minimum absolute atomic E-state index is 0.0991. The highest BCUT2D eigenvalue weighted by Gasteiger charge is 2.14. The second-order valence-corrected chi connectivity index (χ2v) is 8.63. The fourth-order valence-electron chi connectivity index (χ4n) is 4.49. The number of tetrazole rings is 1. The first-order valence-electron chi connectivity index (χ1n) is 11.8. The van der Waals surface area contributed by atoms with Gasteiger partial charge in [-0.05, 0) is 39.6 Å². The fraction of sp³-hybridized carbons (Fsp3) is 0.103. The molecule has 0 saturated carbocycles. The van der Waals surface area contributed by atoms with Crippen LogP contribution in [0.3, 0.4) is 0 Å². The molecule has 6 aromatic rings. The first kappa shape index (κ1) is 21.9. The molecular weight excluding hydrogens is 448 g/mol. The monoisotopic (exact) mass is 472 g/mol. The Morgan fingerprint density at radius 1 is 0.667 bits per heavy atom. The van der Waals surface area contributed by atoms with E-state index in [1.54, 1.807) is 4.80 Å². The summed E-state index contributed by atoms with van der Waals surface area (Å²) in [4.78, 5) is 6.18. The van der Waals surface area contributed by atoms with Crippen molar-refractivity contribution < 1.29 is 5.11 Å². The minimum atomic E-state index is -0.0991. The van der Waals surface area contributed by atoms with Gasteiger partial charge in [0.2, 0.25) is 5.82 Å². The summed E-state index contributed by atoms with van der Waals surface area (Å²) < 4.78 is 2.06. The van der Waals surface area contributed by atoms with E-state index in [1.807, 2.05) is 60.7 Å². The molecule has 0 unspecified atom stereocenters. The highest BCUT2D eigenvalue weighted by atomic mass is 16.3. The molecule has 6 rings (SSSR count). The number of imidazole rings is 1. The Balaban J connectivity index is 1.27. The average molecular weight is 473 g/mol. The van der Waals surface area contributed by atoms with Crippen LogP contribution in [0.1, 0.15) is 17.0 Å². The Bertz CT molecular complexity index is 1620. The molecule has 0 radical (unpaired) electrons. The van der Waals surface area contributed by atoms with Gasteiger partial charge in [-0.25, -0.2) is 4.98 Å². The van der Waals surface area contributed by atoms with Crippen molar-refractivity contribution in [2.45, 2.75) is 19.7 Å². The number of aromatic nitrogens is 6. The van der Waals surface area contributed by atoms with Crippen molar-refractivity contribution in [3.05, 3.63) is 120 Å². The van der Waals surface area contributed by atoms with Crippen molar-refractivity contribution in [2.24, 2.45) is 0 Å². The molecule has 0 atom stereocenters. The molecule has 2 aromatic heterocycles. The van der Waals surface area contributed by atoms with Crippen LogP contribution < -0.4 is 0 Å². The van der Waals surface area contributed by atoms with E-state index < -0.39 is 0 Å². The van der Waals surface area contributed by atoms with E-state index in [4.69, 9.17) is 0 Å². The van der Waals surface area contributed by atoms with Crippen molar-refractivity contribution >= 4 is 11.0 Å². The molecule has 0 aliphatic heterocycles. The number of rotatable bonds is 7. The van der Waals surface area contributed by atoms with Gasteiger partial charge in [-0.2, -0.15) is 4.80 Å². The molecule has 0 aliphatic carbocycles. The van der Waals surface area contributed by atoms with Gasteiger partial charge in [-0.1, -0.05) is 91.0 Å². The molecule has 0 bridgehead atoms. The van der Waals surface area contributed by atoms with Gasteiger partial charge in [0.1, 0.15) is 12.4 Å². The second-order valence-electron chi connectivity index (χ2n) is 8.63. The first-order valence-corrected chi connectivity index (χ1v) is 11.8. The molecule has 2 heterocycles. The smallest absolute Gasteiger partial charge is 0.205 e. The normalized spacial score (nSPS) is 11.2. The summed E-state index contributed by atoms with van der Waals surface area (Å²) in [6.07, 6.45) is 0. The average Bonchev–Trinajstić information content (AvgIpc) is 3.54. The molecule has 7 nitrogen and oxygen atoms in total. The van der Waals surface area contributed by atoms with E-state index in [1.165, 1.54) is 0 Å². The van der Waals surface area contributed by atoms with E-state index in [-0.39, 0.29) is 6.61 Å². The second kappa shape index (κ2) is 9.56.